The Morgan fingerprint density at radius 3 is 2.86 bits per heavy atom. The molecule has 0 saturated heterocycles. The van der Waals surface area contributed by atoms with E-state index in [-0.39, 0.29) is 0 Å². The van der Waals surface area contributed by atoms with E-state index in [1.54, 1.807) is 24.5 Å². The van der Waals surface area contributed by atoms with Crippen molar-refractivity contribution < 1.29 is 0 Å². The zero-order valence-electron chi connectivity index (χ0n) is 13.0. The molecule has 0 radical (unpaired) electrons. The number of pyridine rings is 1. The molecule has 0 unspecified atom stereocenters. The molecule has 0 aliphatic carbocycles. The van der Waals surface area contributed by atoms with Gasteiger partial charge in [0.05, 0.1) is 6.21 Å². The maximum absolute atomic E-state index is 4.29. The number of likely N-dealkylation sites (N-methyl/N-ethyl adjacent to an activating group) is 1. The van der Waals surface area contributed by atoms with Gasteiger partial charge in [-0.2, -0.15) is 5.10 Å². The van der Waals surface area contributed by atoms with Crippen molar-refractivity contribution in [1.29, 1.82) is 0 Å². The van der Waals surface area contributed by atoms with Crippen molar-refractivity contribution in [3.8, 4) is 0 Å². The second-order valence-electron chi connectivity index (χ2n) is 4.32. The summed E-state index contributed by atoms with van der Waals surface area (Å²) >= 11 is 3.25. The first-order valence-corrected chi connectivity index (χ1v) is 7.47. The van der Waals surface area contributed by atoms with Gasteiger partial charge in [0.2, 0.25) is 0 Å². The summed E-state index contributed by atoms with van der Waals surface area (Å²) in [6.07, 6.45) is 7.08. The predicted octanol–water partition coefficient (Wildman–Crippen LogP) is 2.09. The molecule has 0 aromatic carbocycles. The Kier molecular flexibility index (Phi) is 7.91. The second-order valence-corrected chi connectivity index (χ2v) is 5.34. The fourth-order valence-corrected chi connectivity index (χ4v) is 1.64. The van der Waals surface area contributed by atoms with E-state index < -0.39 is 0 Å². The van der Waals surface area contributed by atoms with E-state index in [1.807, 2.05) is 38.5 Å². The van der Waals surface area contributed by atoms with Gasteiger partial charge < -0.3 is 10.6 Å². The van der Waals surface area contributed by atoms with Crippen LogP contribution in [0.2, 0.25) is 0 Å². The van der Waals surface area contributed by atoms with Crippen molar-refractivity contribution in [2.24, 2.45) is 10.1 Å². The molecule has 1 aromatic heterocycles. The Balaban J connectivity index is 2.88. The van der Waals surface area contributed by atoms with Crippen LogP contribution in [-0.2, 0) is 6.54 Å². The van der Waals surface area contributed by atoms with Gasteiger partial charge in [0.1, 0.15) is 11.7 Å². The van der Waals surface area contributed by atoms with Crippen LogP contribution in [0.1, 0.15) is 5.56 Å². The first kappa shape index (κ1) is 17.9. The molecular formula is C15H21BrN6. The van der Waals surface area contributed by atoms with Crippen molar-refractivity contribution in [2.45, 2.75) is 6.54 Å². The number of aliphatic imine (C=N–C) groups is 1. The second kappa shape index (κ2) is 9.73. The van der Waals surface area contributed by atoms with Crippen LogP contribution in [0.3, 0.4) is 0 Å². The number of aromatic nitrogens is 1. The molecule has 6 nitrogen and oxygen atoms in total. The van der Waals surface area contributed by atoms with Gasteiger partial charge in [-0.1, -0.05) is 12.6 Å². The molecule has 1 rings (SSSR count). The average molecular weight is 365 g/mol. The van der Waals surface area contributed by atoms with Gasteiger partial charge in [-0.05, 0) is 27.6 Å². The minimum atomic E-state index is 0.634. The maximum atomic E-state index is 4.29. The van der Waals surface area contributed by atoms with Crippen molar-refractivity contribution in [3.05, 3.63) is 53.0 Å². The number of nitrogens with zero attached hydrogens (tertiary/aromatic N) is 4. The zero-order chi connectivity index (χ0) is 16.4. The van der Waals surface area contributed by atoms with E-state index in [0.29, 0.717) is 11.0 Å². The van der Waals surface area contributed by atoms with Gasteiger partial charge in [0.15, 0.2) is 0 Å². The van der Waals surface area contributed by atoms with Crippen LogP contribution in [0.15, 0.2) is 57.6 Å². The monoisotopic (exact) mass is 364 g/mol. The molecule has 0 saturated carbocycles. The van der Waals surface area contributed by atoms with E-state index in [0.717, 1.165) is 17.2 Å². The SMILES string of the molecule is C=C(Br)/C=N\N(C)/C(=C\C(=N/C)NC)NCc1cccnc1. The number of hydrazone groups is 1. The molecule has 118 valence electrons. The minimum absolute atomic E-state index is 0.634. The van der Waals surface area contributed by atoms with Gasteiger partial charge >= 0.3 is 0 Å². The summed E-state index contributed by atoms with van der Waals surface area (Å²) < 4.78 is 0.698. The molecule has 2 N–H and O–H groups in total. The Morgan fingerprint density at radius 2 is 2.32 bits per heavy atom. The summed E-state index contributed by atoms with van der Waals surface area (Å²) in [6.45, 7) is 4.36. The fourth-order valence-electron chi connectivity index (χ4n) is 1.54. The number of hydrogen-bond acceptors (Lipinski definition) is 5. The summed E-state index contributed by atoms with van der Waals surface area (Å²) in [5, 5.41) is 12.3. The van der Waals surface area contributed by atoms with E-state index in [2.05, 4.69) is 48.2 Å². The van der Waals surface area contributed by atoms with Crippen LogP contribution in [0, 0.1) is 0 Å². The maximum Gasteiger partial charge on any atom is 0.126 e. The Labute approximate surface area is 139 Å². The van der Waals surface area contributed by atoms with E-state index in [1.165, 1.54) is 0 Å². The highest BCUT2D eigenvalue weighted by molar-refractivity contribution is 9.12. The number of allylic oxidation sites excluding steroid dienone is 1. The van der Waals surface area contributed by atoms with Crippen LogP contribution in [0.4, 0.5) is 0 Å². The fraction of sp³-hybridized carbons (Fsp3) is 0.267. The summed E-state index contributed by atoms with van der Waals surface area (Å²) in [5.41, 5.74) is 1.08. The van der Waals surface area contributed by atoms with Gasteiger partial charge in [-0.15, -0.1) is 0 Å². The predicted molar refractivity (Wildman–Crippen MR) is 95.9 cm³/mol. The van der Waals surface area contributed by atoms with Crippen LogP contribution in [-0.4, -0.2) is 43.2 Å². The number of amidine groups is 1. The molecule has 1 aromatic rings. The average Bonchev–Trinajstić information content (AvgIpc) is 2.54. The molecule has 0 amide bonds. The van der Waals surface area contributed by atoms with Gasteiger partial charge in [0, 0.05) is 50.6 Å². The third-order valence-corrected chi connectivity index (χ3v) is 2.89. The topological polar surface area (TPSA) is 64.9 Å². The normalized spacial score (nSPS) is 12.4. The highest BCUT2D eigenvalue weighted by atomic mass is 79.9. The molecule has 7 heteroatoms. The molecular weight excluding hydrogens is 344 g/mol. The summed E-state index contributed by atoms with van der Waals surface area (Å²) in [4.78, 5) is 8.25. The van der Waals surface area contributed by atoms with Crippen molar-refractivity contribution in [1.82, 2.24) is 20.6 Å². The lowest BCUT2D eigenvalue weighted by Crippen LogP contribution is -2.28. The van der Waals surface area contributed by atoms with E-state index >= 15 is 0 Å². The van der Waals surface area contributed by atoms with Crippen molar-refractivity contribution in [3.63, 3.8) is 0 Å². The molecule has 0 spiro atoms. The Hall–Kier alpha value is -2.15. The van der Waals surface area contributed by atoms with Crippen LogP contribution >= 0.6 is 15.9 Å². The van der Waals surface area contributed by atoms with Gasteiger partial charge in [-0.25, -0.2) is 0 Å². The summed E-state index contributed by atoms with van der Waals surface area (Å²) in [6, 6.07) is 3.91. The van der Waals surface area contributed by atoms with Crippen LogP contribution in [0.5, 0.6) is 0 Å². The number of halogens is 1. The lowest BCUT2D eigenvalue weighted by molar-refractivity contribution is 0.407. The first-order chi connectivity index (χ1) is 10.6. The number of nitrogens with one attached hydrogen (secondary N) is 2. The lowest BCUT2D eigenvalue weighted by atomic mass is 10.3. The minimum Gasteiger partial charge on any atom is -0.373 e. The smallest absolute Gasteiger partial charge is 0.126 e. The van der Waals surface area contributed by atoms with Gasteiger partial charge in [0.25, 0.3) is 0 Å². The van der Waals surface area contributed by atoms with Crippen molar-refractivity contribution >= 4 is 28.0 Å². The number of hydrogen-bond donors (Lipinski definition) is 2. The molecule has 0 aliphatic rings. The standard InChI is InChI=1S/C15H21BrN6/c1-12(16)9-21-22(4)15(8-14(17-2)18-3)20-11-13-6-5-7-19-10-13/h5-10,20H,1,11H2,2-4H3,(H,17,18)/b15-8-,21-9-. The molecule has 0 bridgehead atoms. The Bertz CT molecular complexity index is 565. The molecule has 0 fully saturated rings. The number of rotatable bonds is 7. The lowest BCUT2D eigenvalue weighted by Gasteiger charge is -2.19. The first-order valence-electron chi connectivity index (χ1n) is 6.68. The molecule has 1 heterocycles. The largest absolute Gasteiger partial charge is 0.373 e. The third kappa shape index (κ3) is 6.53. The van der Waals surface area contributed by atoms with Crippen molar-refractivity contribution in [2.75, 3.05) is 21.1 Å². The van der Waals surface area contributed by atoms with Crippen LogP contribution in [0.25, 0.3) is 0 Å². The van der Waals surface area contributed by atoms with Gasteiger partial charge in [-0.3, -0.25) is 15.0 Å². The molecule has 0 atom stereocenters. The molecule has 0 aliphatic heterocycles. The van der Waals surface area contributed by atoms with Crippen LogP contribution < -0.4 is 10.6 Å². The zero-order valence-corrected chi connectivity index (χ0v) is 14.6. The quantitative estimate of drug-likeness (QED) is 0.441. The Morgan fingerprint density at radius 1 is 1.55 bits per heavy atom. The highest BCUT2D eigenvalue weighted by Gasteiger charge is 2.05. The van der Waals surface area contributed by atoms with E-state index in [9.17, 15) is 0 Å². The van der Waals surface area contributed by atoms with E-state index in [4.69, 9.17) is 0 Å². The summed E-state index contributed by atoms with van der Waals surface area (Å²) in [7, 11) is 5.39. The highest BCUT2D eigenvalue weighted by Crippen LogP contribution is 2.04. The third-order valence-electron chi connectivity index (χ3n) is 2.69. The molecule has 22 heavy (non-hydrogen) atoms. The summed E-state index contributed by atoms with van der Waals surface area (Å²) in [5.74, 6) is 1.54.